The summed E-state index contributed by atoms with van der Waals surface area (Å²) in [4.78, 5) is 30.4. The van der Waals surface area contributed by atoms with Crippen LogP contribution in [0.15, 0.2) is 29.6 Å². The first-order chi connectivity index (χ1) is 12.5. The number of nitrogens with two attached hydrogens (primary N) is 1. The van der Waals surface area contributed by atoms with Gasteiger partial charge in [0.05, 0.1) is 5.01 Å². The highest BCUT2D eigenvalue weighted by Crippen LogP contribution is 2.10. The van der Waals surface area contributed by atoms with E-state index < -0.39 is 0 Å². The van der Waals surface area contributed by atoms with Crippen molar-refractivity contribution >= 4 is 23.2 Å². The van der Waals surface area contributed by atoms with Crippen LogP contribution in [-0.2, 0) is 13.0 Å². The van der Waals surface area contributed by atoms with Crippen LogP contribution in [0.1, 0.15) is 31.4 Å². The molecule has 0 fully saturated rings. The lowest BCUT2D eigenvalue weighted by molar-refractivity contribution is 0.0939. The molecule has 1 aromatic heterocycles. The summed E-state index contributed by atoms with van der Waals surface area (Å²) in [7, 11) is 3.92. The Morgan fingerprint density at radius 3 is 2.54 bits per heavy atom. The summed E-state index contributed by atoms with van der Waals surface area (Å²) in [5.74, 6) is -0.313. The van der Waals surface area contributed by atoms with Gasteiger partial charge in [-0.3, -0.25) is 9.59 Å². The smallest absolute Gasteiger partial charge is 0.271 e. The van der Waals surface area contributed by atoms with E-state index >= 15 is 0 Å². The first-order valence-electron chi connectivity index (χ1n) is 8.44. The van der Waals surface area contributed by atoms with Gasteiger partial charge < -0.3 is 21.3 Å². The Hall–Kier alpha value is -2.29. The van der Waals surface area contributed by atoms with Gasteiger partial charge in [-0.2, -0.15) is 0 Å². The maximum absolute atomic E-state index is 12.1. The quantitative estimate of drug-likeness (QED) is 0.604. The number of thiazole rings is 1. The number of rotatable bonds is 9. The van der Waals surface area contributed by atoms with Gasteiger partial charge in [0.15, 0.2) is 0 Å². The first-order valence-corrected chi connectivity index (χ1v) is 9.32. The minimum absolute atomic E-state index is 0.0997. The van der Waals surface area contributed by atoms with Crippen LogP contribution in [-0.4, -0.2) is 55.4 Å². The van der Waals surface area contributed by atoms with E-state index in [4.69, 9.17) is 5.73 Å². The van der Waals surface area contributed by atoms with Gasteiger partial charge in [-0.15, -0.1) is 11.3 Å². The molecule has 8 heteroatoms. The summed E-state index contributed by atoms with van der Waals surface area (Å²) in [5, 5.41) is 8.30. The molecule has 0 aliphatic rings. The van der Waals surface area contributed by atoms with Crippen LogP contribution in [0.4, 0.5) is 0 Å². The van der Waals surface area contributed by atoms with Crippen molar-refractivity contribution in [1.29, 1.82) is 0 Å². The third-order valence-corrected chi connectivity index (χ3v) is 4.56. The van der Waals surface area contributed by atoms with E-state index in [0.29, 0.717) is 37.3 Å². The van der Waals surface area contributed by atoms with Gasteiger partial charge in [0, 0.05) is 37.0 Å². The second kappa shape index (κ2) is 10.0. The Balaban J connectivity index is 1.82. The fourth-order valence-corrected chi connectivity index (χ4v) is 2.99. The molecule has 1 aromatic carbocycles. The third kappa shape index (κ3) is 6.21. The van der Waals surface area contributed by atoms with Crippen LogP contribution in [0.5, 0.6) is 0 Å². The molecule has 0 bridgehead atoms. The molecule has 0 atom stereocenters. The zero-order valence-corrected chi connectivity index (χ0v) is 15.9. The van der Waals surface area contributed by atoms with Crippen LogP contribution in [0.3, 0.4) is 0 Å². The standard InChI is InChI=1S/C18H25N5O2S/c1-23(2)10-9-20-17(24)14-5-3-13(4-6-14)11-21-18(25)15-12-26-16(22-15)7-8-19/h3-6,12H,7-11,19H2,1-2H3,(H,20,24)(H,21,25). The van der Waals surface area contributed by atoms with Crippen molar-refractivity contribution in [3.63, 3.8) is 0 Å². The van der Waals surface area contributed by atoms with Crippen LogP contribution in [0.2, 0.25) is 0 Å². The highest BCUT2D eigenvalue weighted by molar-refractivity contribution is 7.09. The molecule has 2 amide bonds. The van der Waals surface area contributed by atoms with Crippen molar-refractivity contribution in [3.05, 3.63) is 51.5 Å². The van der Waals surface area contributed by atoms with E-state index in [1.165, 1.54) is 11.3 Å². The number of hydrogen-bond acceptors (Lipinski definition) is 6. The van der Waals surface area contributed by atoms with E-state index in [1.807, 2.05) is 31.1 Å². The molecular formula is C18H25N5O2S. The van der Waals surface area contributed by atoms with E-state index in [2.05, 4.69) is 15.6 Å². The second-order valence-corrected chi connectivity index (χ2v) is 7.05. The lowest BCUT2D eigenvalue weighted by Gasteiger charge is -2.10. The molecule has 0 unspecified atom stereocenters. The fourth-order valence-electron chi connectivity index (χ4n) is 2.20. The zero-order chi connectivity index (χ0) is 18.9. The van der Waals surface area contributed by atoms with E-state index in [9.17, 15) is 9.59 Å². The molecule has 0 radical (unpaired) electrons. The maximum Gasteiger partial charge on any atom is 0.271 e. The van der Waals surface area contributed by atoms with Crippen LogP contribution in [0.25, 0.3) is 0 Å². The largest absolute Gasteiger partial charge is 0.351 e. The Morgan fingerprint density at radius 2 is 1.88 bits per heavy atom. The molecule has 0 spiro atoms. The molecule has 0 aliphatic carbocycles. The Morgan fingerprint density at radius 1 is 1.15 bits per heavy atom. The average Bonchev–Trinajstić information content (AvgIpc) is 3.09. The SMILES string of the molecule is CN(C)CCNC(=O)c1ccc(CNC(=O)c2csc(CCN)n2)cc1. The Kier molecular flexibility index (Phi) is 7.71. The van der Waals surface area contributed by atoms with Gasteiger partial charge >= 0.3 is 0 Å². The fraction of sp³-hybridized carbons (Fsp3) is 0.389. The normalized spacial score (nSPS) is 10.8. The number of carbonyl (C=O) groups excluding carboxylic acids is 2. The van der Waals surface area contributed by atoms with Crippen LogP contribution in [0, 0.1) is 0 Å². The van der Waals surface area contributed by atoms with Gasteiger partial charge in [-0.1, -0.05) is 12.1 Å². The van der Waals surface area contributed by atoms with Gasteiger partial charge in [0.1, 0.15) is 5.69 Å². The lowest BCUT2D eigenvalue weighted by atomic mass is 10.1. The summed E-state index contributed by atoms with van der Waals surface area (Å²) < 4.78 is 0. The number of nitrogens with zero attached hydrogens (tertiary/aromatic N) is 2. The molecule has 0 aliphatic heterocycles. The van der Waals surface area contributed by atoms with Crippen molar-refractivity contribution in [2.24, 2.45) is 5.73 Å². The predicted octanol–water partition coefficient (Wildman–Crippen LogP) is 0.866. The topological polar surface area (TPSA) is 100 Å². The summed E-state index contributed by atoms with van der Waals surface area (Å²) in [6.07, 6.45) is 0.677. The molecule has 2 aromatic rings. The number of amides is 2. The summed E-state index contributed by atoms with van der Waals surface area (Å²) in [6, 6.07) is 7.19. The number of likely N-dealkylation sites (N-methyl/N-ethyl adjacent to an activating group) is 1. The molecule has 4 N–H and O–H groups in total. The van der Waals surface area contributed by atoms with Gasteiger partial charge in [-0.05, 0) is 38.3 Å². The minimum Gasteiger partial charge on any atom is -0.351 e. The number of carbonyl (C=O) groups is 2. The Bertz CT molecular complexity index is 727. The number of aromatic nitrogens is 1. The Labute approximate surface area is 157 Å². The molecule has 0 saturated heterocycles. The van der Waals surface area contributed by atoms with Crippen molar-refractivity contribution in [3.8, 4) is 0 Å². The zero-order valence-electron chi connectivity index (χ0n) is 15.1. The number of nitrogens with one attached hydrogen (secondary N) is 2. The first kappa shape index (κ1) is 20.0. The average molecular weight is 375 g/mol. The van der Waals surface area contributed by atoms with Crippen LogP contribution < -0.4 is 16.4 Å². The lowest BCUT2D eigenvalue weighted by Crippen LogP contribution is -2.31. The van der Waals surface area contributed by atoms with Crippen LogP contribution >= 0.6 is 11.3 Å². The van der Waals surface area contributed by atoms with Crippen molar-refractivity contribution < 1.29 is 9.59 Å². The monoisotopic (exact) mass is 375 g/mol. The summed E-state index contributed by atoms with van der Waals surface area (Å²) >= 11 is 1.44. The highest BCUT2D eigenvalue weighted by Gasteiger charge is 2.10. The van der Waals surface area contributed by atoms with Crippen molar-refractivity contribution in [1.82, 2.24) is 20.5 Å². The predicted molar refractivity (Wildman–Crippen MR) is 103 cm³/mol. The third-order valence-electron chi connectivity index (χ3n) is 3.66. The molecule has 1 heterocycles. The van der Waals surface area contributed by atoms with Gasteiger partial charge in [0.2, 0.25) is 0 Å². The molecule has 2 rings (SSSR count). The summed E-state index contributed by atoms with van der Waals surface area (Å²) in [5.41, 5.74) is 7.42. The molecular weight excluding hydrogens is 350 g/mol. The van der Waals surface area contributed by atoms with Crippen molar-refractivity contribution in [2.45, 2.75) is 13.0 Å². The number of benzene rings is 1. The van der Waals surface area contributed by atoms with Gasteiger partial charge in [0.25, 0.3) is 11.8 Å². The minimum atomic E-state index is -0.213. The van der Waals surface area contributed by atoms with E-state index in [0.717, 1.165) is 17.1 Å². The molecule has 7 nitrogen and oxygen atoms in total. The number of hydrogen-bond donors (Lipinski definition) is 3. The highest BCUT2D eigenvalue weighted by atomic mass is 32.1. The van der Waals surface area contributed by atoms with Gasteiger partial charge in [-0.25, -0.2) is 4.98 Å². The molecule has 140 valence electrons. The molecule has 0 saturated carbocycles. The van der Waals surface area contributed by atoms with E-state index in [-0.39, 0.29) is 11.8 Å². The second-order valence-electron chi connectivity index (χ2n) is 6.10. The summed E-state index contributed by atoms with van der Waals surface area (Å²) in [6.45, 7) is 2.29. The maximum atomic E-state index is 12.1. The molecule has 26 heavy (non-hydrogen) atoms. The van der Waals surface area contributed by atoms with Crippen molar-refractivity contribution in [2.75, 3.05) is 33.7 Å². The van der Waals surface area contributed by atoms with E-state index in [1.54, 1.807) is 17.5 Å².